The monoisotopic (exact) mass is 464 g/mol. The zero-order valence-electron chi connectivity index (χ0n) is 11.6. The Hall–Kier alpha value is -1.14. The van der Waals surface area contributed by atoms with Crippen LogP contribution in [0.25, 0.3) is 0 Å². The van der Waals surface area contributed by atoms with Gasteiger partial charge in [-0.3, -0.25) is 4.18 Å². The molecule has 0 spiro atoms. The largest absolute Gasteiger partial charge is 0.460 e. The van der Waals surface area contributed by atoms with Crippen LogP contribution in [0.15, 0.2) is 0 Å². The normalized spacial score (nSPS) is 17.1. The molecule has 0 saturated carbocycles. The third-order valence-corrected chi connectivity index (χ3v) is 3.81. The molecule has 27 heavy (non-hydrogen) atoms. The summed E-state index contributed by atoms with van der Waals surface area (Å²) in [5, 5.41) is -7.57. The van der Waals surface area contributed by atoms with E-state index in [1.807, 2.05) is 0 Å². The summed E-state index contributed by atoms with van der Waals surface area (Å²) in [5.74, 6) is -21.6. The minimum Gasteiger partial charge on any atom is -0.259 e. The molecular formula is C8H3F15O3S. The maximum atomic E-state index is 13.0. The predicted molar refractivity (Wildman–Crippen MR) is 51.7 cm³/mol. The molecular weight excluding hydrogens is 461 g/mol. The number of alkyl halides is 15. The van der Waals surface area contributed by atoms with E-state index in [-0.39, 0.29) is 0 Å². The number of rotatable bonds is 7. The van der Waals surface area contributed by atoms with E-state index in [0.717, 1.165) is 0 Å². The maximum Gasteiger partial charge on any atom is 0.460 e. The molecule has 0 amide bonds. The lowest BCUT2D eigenvalue weighted by molar-refractivity contribution is -0.383. The number of halogens is 15. The van der Waals surface area contributed by atoms with Gasteiger partial charge < -0.3 is 0 Å². The summed E-state index contributed by atoms with van der Waals surface area (Å²) in [5.41, 5.74) is 0. The first-order valence-electron chi connectivity index (χ1n) is 5.54. The standard InChI is InChI=1S/C8H3F15O3S/c9-2(4(12,13)14)3(10,11)1-26-27(24,25)8(22,23)6(17,18)5(15,16)7(19,20)21/h2H,1H2/t2-/m0/s1. The van der Waals surface area contributed by atoms with Crippen LogP contribution < -0.4 is 0 Å². The third-order valence-electron chi connectivity index (χ3n) is 2.49. The molecule has 0 bridgehead atoms. The lowest BCUT2D eigenvalue weighted by Crippen LogP contribution is -2.63. The van der Waals surface area contributed by atoms with Gasteiger partial charge in [-0.25, -0.2) is 13.2 Å². The van der Waals surface area contributed by atoms with Crippen molar-refractivity contribution in [3.63, 3.8) is 0 Å². The second-order valence-electron chi connectivity index (χ2n) is 4.54. The van der Waals surface area contributed by atoms with E-state index in [2.05, 4.69) is 4.18 Å². The Morgan fingerprint density at radius 1 is 0.704 bits per heavy atom. The van der Waals surface area contributed by atoms with Crippen molar-refractivity contribution >= 4 is 10.1 Å². The van der Waals surface area contributed by atoms with Gasteiger partial charge in [0.15, 0.2) is 0 Å². The molecule has 3 nitrogen and oxygen atoms in total. The van der Waals surface area contributed by atoms with E-state index >= 15 is 0 Å². The molecule has 0 radical (unpaired) electrons. The van der Waals surface area contributed by atoms with Crippen molar-refractivity contribution in [2.75, 3.05) is 6.61 Å². The Morgan fingerprint density at radius 3 is 1.37 bits per heavy atom. The van der Waals surface area contributed by atoms with E-state index in [0.29, 0.717) is 0 Å². The molecule has 0 aromatic rings. The highest BCUT2D eigenvalue weighted by Crippen LogP contribution is 2.55. The van der Waals surface area contributed by atoms with Crippen molar-refractivity contribution in [2.24, 2.45) is 0 Å². The second-order valence-corrected chi connectivity index (χ2v) is 6.20. The van der Waals surface area contributed by atoms with E-state index in [1.165, 1.54) is 0 Å². The lowest BCUT2D eigenvalue weighted by atomic mass is 10.1. The highest BCUT2D eigenvalue weighted by molar-refractivity contribution is 7.87. The van der Waals surface area contributed by atoms with Crippen LogP contribution in [-0.2, 0) is 14.3 Å². The molecule has 0 aliphatic carbocycles. The number of hydrogen-bond acceptors (Lipinski definition) is 3. The molecule has 0 aliphatic rings. The predicted octanol–water partition coefficient (Wildman–Crippen LogP) is 4.29. The molecule has 0 aromatic carbocycles. The zero-order chi connectivity index (χ0) is 22.5. The number of hydrogen-bond donors (Lipinski definition) is 0. The van der Waals surface area contributed by atoms with Gasteiger partial charge in [-0.05, 0) is 0 Å². The topological polar surface area (TPSA) is 43.4 Å². The SMILES string of the molecule is O=S(=O)(OCC(F)(F)[C@H](F)C(F)(F)F)C(F)(F)C(F)(F)C(F)(F)C(F)(F)F. The van der Waals surface area contributed by atoms with Gasteiger partial charge in [0.25, 0.3) is 6.17 Å². The summed E-state index contributed by atoms with van der Waals surface area (Å²) in [6.45, 7) is -3.57. The van der Waals surface area contributed by atoms with E-state index in [4.69, 9.17) is 0 Å². The van der Waals surface area contributed by atoms with Gasteiger partial charge >= 0.3 is 45.5 Å². The van der Waals surface area contributed by atoms with Crippen LogP contribution in [0.5, 0.6) is 0 Å². The van der Waals surface area contributed by atoms with Gasteiger partial charge in [0.1, 0.15) is 6.61 Å². The molecule has 0 saturated heterocycles. The summed E-state index contributed by atoms with van der Waals surface area (Å²) >= 11 is 0. The lowest BCUT2D eigenvalue weighted by Gasteiger charge is -2.33. The Kier molecular flexibility index (Phi) is 6.45. The first kappa shape index (κ1) is 25.9. The van der Waals surface area contributed by atoms with Crippen LogP contribution in [0.3, 0.4) is 0 Å². The van der Waals surface area contributed by atoms with Gasteiger partial charge in [0, 0.05) is 0 Å². The van der Waals surface area contributed by atoms with Crippen molar-refractivity contribution < 1.29 is 78.5 Å². The Balaban J connectivity index is 5.83. The van der Waals surface area contributed by atoms with Crippen LogP contribution in [-0.4, -0.2) is 56.6 Å². The minimum atomic E-state index is -7.86. The Labute approximate surface area is 138 Å². The van der Waals surface area contributed by atoms with Crippen LogP contribution >= 0.6 is 0 Å². The second kappa shape index (κ2) is 6.73. The van der Waals surface area contributed by atoms with Crippen molar-refractivity contribution in [3.8, 4) is 0 Å². The molecule has 164 valence electrons. The molecule has 0 N–H and O–H groups in total. The van der Waals surface area contributed by atoms with Crippen molar-refractivity contribution in [1.29, 1.82) is 0 Å². The summed E-state index contributed by atoms with van der Waals surface area (Å²) in [4.78, 5) is 0. The average molecular weight is 464 g/mol. The molecule has 0 fully saturated rings. The highest BCUT2D eigenvalue weighted by Gasteiger charge is 2.86. The molecule has 0 unspecified atom stereocenters. The van der Waals surface area contributed by atoms with Crippen molar-refractivity contribution in [3.05, 3.63) is 0 Å². The van der Waals surface area contributed by atoms with E-state index in [9.17, 15) is 74.3 Å². The van der Waals surface area contributed by atoms with E-state index < -0.39 is 58.3 Å². The van der Waals surface area contributed by atoms with Gasteiger partial charge in [-0.1, -0.05) is 0 Å². The molecule has 0 aromatic heterocycles. The van der Waals surface area contributed by atoms with E-state index in [1.54, 1.807) is 0 Å². The molecule has 19 heteroatoms. The maximum absolute atomic E-state index is 13.0. The highest BCUT2D eigenvalue weighted by atomic mass is 32.2. The summed E-state index contributed by atoms with van der Waals surface area (Å²) in [6.07, 6.45) is -19.2. The van der Waals surface area contributed by atoms with Crippen LogP contribution in [0.4, 0.5) is 65.9 Å². The van der Waals surface area contributed by atoms with Gasteiger partial charge in [-0.2, -0.15) is 61.1 Å². The smallest absolute Gasteiger partial charge is 0.259 e. The average Bonchev–Trinajstić information content (AvgIpc) is 2.41. The summed E-state index contributed by atoms with van der Waals surface area (Å²) in [7, 11) is -7.85. The molecule has 1 atom stereocenters. The van der Waals surface area contributed by atoms with Crippen LogP contribution in [0, 0.1) is 0 Å². The fourth-order valence-corrected chi connectivity index (χ4v) is 1.96. The summed E-state index contributed by atoms with van der Waals surface area (Å²) < 4.78 is 209. The third kappa shape index (κ3) is 4.48. The molecule has 0 aliphatic heterocycles. The van der Waals surface area contributed by atoms with Crippen LogP contribution in [0.2, 0.25) is 0 Å². The van der Waals surface area contributed by atoms with Crippen molar-refractivity contribution in [2.45, 2.75) is 41.5 Å². The quantitative estimate of drug-likeness (QED) is 0.417. The van der Waals surface area contributed by atoms with Crippen molar-refractivity contribution in [1.82, 2.24) is 0 Å². The minimum absolute atomic E-state index is 2.32. The van der Waals surface area contributed by atoms with Gasteiger partial charge in [0.2, 0.25) is 0 Å². The molecule has 0 rings (SSSR count). The van der Waals surface area contributed by atoms with Gasteiger partial charge in [0.05, 0.1) is 0 Å². The fraction of sp³-hybridized carbons (Fsp3) is 1.00. The first-order valence-corrected chi connectivity index (χ1v) is 6.95. The van der Waals surface area contributed by atoms with Gasteiger partial charge in [-0.15, -0.1) is 0 Å². The Bertz CT molecular complexity index is 630. The van der Waals surface area contributed by atoms with Crippen LogP contribution in [0.1, 0.15) is 0 Å². The summed E-state index contributed by atoms with van der Waals surface area (Å²) in [6, 6.07) is 0. The zero-order valence-corrected chi connectivity index (χ0v) is 12.4. The fourth-order valence-electron chi connectivity index (χ4n) is 1.06. The molecule has 0 heterocycles. The Morgan fingerprint density at radius 2 is 1.07 bits per heavy atom. The first-order chi connectivity index (χ1) is 11.4.